The van der Waals surface area contributed by atoms with Crippen molar-refractivity contribution in [2.45, 2.75) is 0 Å². The molecule has 64 valence electrons. The van der Waals surface area contributed by atoms with E-state index in [1.165, 1.54) is 0 Å². The molecular weight excluding hydrogens is 304 g/mol. The Bertz CT molecular complexity index is 42.6. The Morgan fingerprint density at radius 3 is 1.40 bits per heavy atom. The number of rotatable bonds is 5. The number of ether oxygens (including phenoxy) is 2. The molecule has 0 rings (SSSR count). The largest absolute Gasteiger partial charge is 0.364 e. The van der Waals surface area contributed by atoms with E-state index in [2.05, 4.69) is 0 Å². The fourth-order valence-corrected chi connectivity index (χ4v) is 0.285. The Labute approximate surface area is 76.5 Å². The average Bonchev–Trinajstić information content (AvgIpc) is 1.81. The van der Waals surface area contributed by atoms with Crippen LogP contribution in [0.2, 0.25) is 0 Å². The molecule has 0 aromatic carbocycles. The molecule has 0 heterocycles. The van der Waals surface area contributed by atoms with Crippen molar-refractivity contribution in [3.63, 3.8) is 0 Å². The van der Waals surface area contributed by atoms with Crippen LogP contribution in [0.5, 0.6) is 0 Å². The molecule has 4 N–H and O–H groups in total. The van der Waals surface area contributed by atoms with Crippen LogP contribution in [0.4, 0.5) is 0 Å². The Balaban J connectivity index is -0.000000245. The zero-order chi connectivity index (χ0) is 6.24. The van der Waals surface area contributed by atoms with Gasteiger partial charge in [0, 0.05) is 21.1 Å². The third kappa shape index (κ3) is 15.8. The second-order valence-electron chi connectivity index (χ2n) is 1.15. The zero-order valence-electron chi connectivity index (χ0n) is 6.21. The van der Waals surface area contributed by atoms with Gasteiger partial charge in [0.25, 0.3) is 0 Å². The predicted molar refractivity (Wildman–Crippen MR) is 36.4 cm³/mol. The van der Waals surface area contributed by atoms with E-state index in [4.69, 9.17) is 20.9 Å². The quantitative estimate of drug-likeness (QED) is 0.399. The first-order valence-electron chi connectivity index (χ1n) is 2.47. The first-order chi connectivity index (χ1) is 3.91. The average molecular weight is 319 g/mol. The molecule has 0 fully saturated rings. The van der Waals surface area contributed by atoms with Crippen LogP contribution in [0.3, 0.4) is 0 Å². The summed E-state index contributed by atoms with van der Waals surface area (Å²) in [7, 11) is 0. The molecule has 0 aromatic rings. The Morgan fingerprint density at radius 1 is 0.900 bits per heavy atom. The van der Waals surface area contributed by atoms with Gasteiger partial charge >= 0.3 is 0 Å². The maximum Gasteiger partial charge on any atom is 0.0941 e. The van der Waals surface area contributed by atoms with Crippen molar-refractivity contribution in [2.75, 3.05) is 26.7 Å². The van der Waals surface area contributed by atoms with E-state index in [0.29, 0.717) is 13.2 Å². The second-order valence-corrected chi connectivity index (χ2v) is 1.15. The zero-order valence-corrected chi connectivity index (χ0v) is 9.14. The SMILES string of the molecule is NCOCCOCN.[CH3-].[W]. The fourth-order valence-electron chi connectivity index (χ4n) is 0.285. The molecule has 0 amide bonds. The summed E-state index contributed by atoms with van der Waals surface area (Å²) in [4.78, 5) is 0. The molecule has 0 bridgehead atoms. The van der Waals surface area contributed by atoms with Crippen LogP contribution in [0, 0.1) is 7.43 Å². The van der Waals surface area contributed by atoms with Gasteiger partial charge in [-0.3, -0.25) is 0 Å². The van der Waals surface area contributed by atoms with E-state index in [-0.39, 0.29) is 42.0 Å². The summed E-state index contributed by atoms with van der Waals surface area (Å²) >= 11 is 0. The van der Waals surface area contributed by atoms with Crippen molar-refractivity contribution >= 4 is 0 Å². The number of hydrogen-bond donors (Lipinski definition) is 2. The first-order valence-corrected chi connectivity index (χ1v) is 2.47. The van der Waals surface area contributed by atoms with Crippen LogP contribution in [0.1, 0.15) is 0 Å². The normalized spacial score (nSPS) is 7.80. The first kappa shape index (κ1) is 16.9. The summed E-state index contributed by atoms with van der Waals surface area (Å²) in [6, 6.07) is 0. The molecule has 0 radical (unpaired) electrons. The maximum atomic E-state index is 5.00. The van der Waals surface area contributed by atoms with Crippen molar-refractivity contribution in [2.24, 2.45) is 11.5 Å². The molecule has 5 heteroatoms. The molecule has 0 atom stereocenters. The van der Waals surface area contributed by atoms with Crippen LogP contribution in [0.15, 0.2) is 0 Å². The van der Waals surface area contributed by atoms with Crippen LogP contribution in [0.25, 0.3) is 0 Å². The van der Waals surface area contributed by atoms with Gasteiger partial charge in [-0.1, -0.05) is 0 Å². The van der Waals surface area contributed by atoms with Gasteiger partial charge in [0.05, 0.1) is 26.7 Å². The number of hydrogen-bond acceptors (Lipinski definition) is 4. The van der Waals surface area contributed by atoms with Gasteiger partial charge in [-0.25, -0.2) is 0 Å². The Hall–Kier alpha value is 0.528. The van der Waals surface area contributed by atoms with Gasteiger partial charge in [-0.15, -0.1) is 0 Å². The van der Waals surface area contributed by atoms with E-state index >= 15 is 0 Å². The smallest absolute Gasteiger partial charge is 0.0941 e. The molecular formula is C5H15N2O2W-. The van der Waals surface area contributed by atoms with Crippen molar-refractivity contribution < 1.29 is 30.5 Å². The molecule has 4 nitrogen and oxygen atoms in total. The summed E-state index contributed by atoms with van der Waals surface area (Å²) in [5.41, 5.74) is 10.0. The summed E-state index contributed by atoms with van der Waals surface area (Å²) in [5, 5.41) is 0. The molecule has 0 unspecified atom stereocenters. The van der Waals surface area contributed by atoms with E-state index in [1.807, 2.05) is 0 Å². The minimum absolute atomic E-state index is 0. The summed E-state index contributed by atoms with van der Waals surface area (Å²) in [6.07, 6.45) is 0. The van der Waals surface area contributed by atoms with E-state index in [0.717, 1.165) is 0 Å². The maximum absolute atomic E-state index is 5.00. The van der Waals surface area contributed by atoms with Crippen molar-refractivity contribution in [1.82, 2.24) is 0 Å². The van der Waals surface area contributed by atoms with Crippen LogP contribution >= 0.6 is 0 Å². The summed E-state index contributed by atoms with van der Waals surface area (Å²) in [5.74, 6) is 0. The molecule has 0 saturated carbocycles. The molecule has 0 spiro atoms. The Morgan fingerprint density at radius 2 is 1.20 bits per heavy atom. The van der Waals surface area contributed by atoms with E-state index < -0.39 is 0 Å². The fraction of sp³-hybridized carbons (Fsp3) is 0.800. The van der Waals surface area contributed by atoms with Gasteiger partial charge in [-0.2, -0.15) is 0 Å². The van der Waals surface area contributed by atoms with E-state index in [1.54, 1.807) is 0 Å². The molecule has 0 aliphatic heterocycles. The van der Waals surface area contributed by atoms with Crippen molar-refractivity contribution in [3.8, 4) is 0 Å². The monoisotopic (exact) mass is 319 g/mol. The van der Waals surface area contributed by atoms with Gasteiger partial charge < -0.3 is 28.4 Å². The minimum atomic E-state index is 0. The minimum Gasteiger partial charge on any atom is -0.364 e. The van der Waals surface area contributed by atoms with Gasteiger partial charge in [0.15, 0.2) is 0 Å². The predicted octanol–water partition coefficient (Wildman–Crippen LogP) is -0.700. The van der Waals surface area contributed by atoms with Crippen molar-refractivity contribution in [1.29, 1.82) is 0 Å². The molecule has 10 heavy (non-hydrogen) atoms. The topological polar surface area (TPSA) is 70.5 Å². The standard InChI is InChI=1S/C4H12N2O2.CH3.W/c5-3-7-1-2-8-4-6;;/h1-6H2;1H3;/q;-1;. The summed E-state index contributed by atoms with van der Waals surface area (Å²) < 4.78 is 9.47. The third-order valence-corrected chi connectivity index (χ3v) is 0.608. The van der Waals surface area contributed by atoms with Crippen LogP contribution in [-0.2, 0) is 30.5 Å². The summed E-state index contributed by atoms with van der Waals surface area (Å²) in [6.45, 7) is 1.53. The third-order valence-electron chi connectivity index (χ3n) is 0.608. The van der Waals surface area contributed by atoms with Crippen molar-refractivity contribution in [3.05, 3.63) is 7.43 Å². The van der Waals surface area contributed by atoms with Gasteiger partial charge in [0.2, 0.25) is 0 Å². The molecule has 0 aliphatic carbocycles. The van der Waals surface area contributed by atoms with Crippen LogP contribution in [-0.4, -0.2) is 26.7 Å². The molecule has 0 saturated heterocycles. The molecule has 0 aliphatic rings. The van der Waals surface area contributed by atoms with E-state index in [9.17, 15) is 0 Å². The second kappa shape index (κ2) is 16.3. The number of nitrogens with two attached hydrogens (primary N) is 2. The van der Waals surface area contributed by atoms with Gasteiger partial charge in [0.1, 0.15) is 0 Å². The van der Waals surface area contributed by atoms with Crippen LogP contribution < -0.4 is 11.5 Å². The molecule has 0 aromatic heterocycles. The Kier molecular flexibility index (Phi) is 27.4. The van der Waals surface area contributed by atoms with Gasteiger partial charge in [-0.05, 0) is 0 Å².